The van der Waals surface area contributed by atoms with Crippen molar-refractivity contribution in [3.63, 3.8) is 0 Å². The zero-order valence-corrected chi connectivity index (χ0v) is 12.5. The lowest BCUT2D eigenvalue weighted by molar-refractivity contribution is -0.151. The summed E-state index contributed by atoms with van der Waals surface area (Å²) < 4.78 is 10.7. The quantitative estimate of drug-likeness (QED) is 0.818. The number of methoxy groups -OCH3 is 1. The van der Waals surface area contributed by atoms with E-state index < -0.39 is 17.6 Å². The van der Waals surface area contributed by atoms with E-state index in [9.17, 15) is 4.79 Å². The molecule has 0 aromatic heterocycles. The first-order valence-electron chi connectivity index (χ1n) is 7.10. The van der Waals surface area contributed by atoms with Gasteiger partial charge in [0.15, 0.2) is 0 Å². The molecular formula is C18H17NO3. The number of nitrogens with zero attached hydrogens (tertiary/aromatic N) is 1. The van der Waals surface area contributed by atoms with Crippen LogP contribution in [-0.4, -0.2) is 25.1 Å². The maximum Gasteiger partial charge on any atom is 0.350 e. The van der Waals surface area contributed by atoms with Crippen LogP contribution in [0.1, 0.15) is 18.1 Å². The molecule has 2 atom stereocenters. The van der Waals surface area contributed by atoms with Gasteiger partial charge in [0, 0.05) is 5.56 Å². The summed E-state index contributed by atoms with van der Waals surface area (Å²) in [5.41, 5.74) is 0.951. The SMILES string of the molecule is COC(=O)C1OC(c2ccccc2)=NC1(C)c1ccccc1. The Hall–Kier alpha value is -2.62. The largest absolute Gasteiger partial charge is 0.466 e. The number of hydrogen-bond donors (Lipinski definition) is 0. The van der Waals surface area contributed by atoms with Gasteiger partial charge in [0.1, 0.15) is 5.54 Å². The molecule has 2 aromatic carbocycles. The highest BCUT2D eigenvalue weighted by Crippen LogP contribution is 2.37. The molecule has 3 rings (SSSR count). The molecular weight excluding hydrogens is 278 g/mol. The zero-order chi connectivity index (χ0) is 15.6. The molecule has 1 aliphatic rings. The van der Waals surface area contributed by atoms with Gasteiger partial charge < -0.3 is 9.47 Å². The van der Waals surface area contributed by atoms with E-state index in [2.05, 4.69) is 0 Å². The van der Waals surface area contributed by atoms with E-state index in [-0.39, 0.29) is 0 Å². The first-order chi connectivity index (χ1) is 10.6. The predicted octanol–water partition coefficient (Wildman–Crippen LogP) is 2.92. The van der Waals surface area contributed by atoms with Crippen LogP contribution in [0.15, 0.2) is 65.7 Å². The van der Waals surface area contributed by atoms with Gasteiger partial charge in [-0.3, -0.25) is 0 Å². The van der Waals surface area contributed by atoms with Crippen molar-refractivity contribution in [3.8, 4) is 0 Å². The van der Waals surface area contributed by atoms with Crippen LogP contribution in [0.3, 0.4) is 0 Å². The average Bonchev–Trinajstić information content (AvgIpc) is 2.95. The Balaban J connectivity index is 2.07. The molecule has 0 aliphatic carbocycles. The van der Waals surface area contributed by atoms with E-state index in [1.807, 2.05) is 67.6 Å². The van der Waals surface area contributed by atoms with Crippen LogP contribution in [0.2, 0.25) is 0 Å². The number of ether oxygens (including phenoxy) is 2. The van der Waals surface area contributed by atoms with Gasteiger partial charge in [-0.15, -0.1) is 0 Å². The molecule has 1 aliphatic heterocycles. The summed E-state index contributed by atoms with van der Waals surface area (Å²) in [6, 6.07) is 19.2. The Kier molecular flexibility index (Phi) is 3.67. The summed E-state index contributed by atoms with van der Waals surface area (Å²) in [6.45, 7) is 1.89. The van der Waals surface area contributed by atoms with E-state index in [0.717, 1.165) is 11.1 Å². The first kappa shape index (κ1) is 14.3. The standard InChI is InChI=1S/C18H17NO3/c1-18(14-11-7-4-8-12-14)15(17(20)21-2)22-16(19-18)13-9-5-3-6-10-13/h3-12,15H,1-2H3. The van der Waals surface area contributed by atoms with Gasteiger partial charge in [-0.25, -0.2) is 9.79 Å². The van der Waals surface area contributed by atoms with Gasteiger partial charge >= 0.3 is 5.97 Å². The normalized spacial score (nSPS) is 23.5. The van der Waals surface area contributed by atoms with E-state index in [0.29, 0.717) is 5.90 Å². The molecule has 0 N–H and O–H groups in total. The van der Waals surface area contributed by atoms with Gasteiger partial charge in [-0.05, 0) is 24.6 Å². The summed E-state index contributed by atoms with van der Waals surface area (Å²) in [5, 5.41) is 0. The Morgan fingerprint density at radius 3 is 2.27 bits per heavy atom. The van der Waals surface area contributed by atoms with Crippen LogP contribution in [0.25, 0.3) is 0 Å². The van der Waals surface area contributed by atoms with Crippen LogP contribution in [0.5, 0.6) is 0 Å². The van der Waals surface area contributed by atoms with Crippen molar-refractivity contribution in [2.24, 2.45) is 4.99 Å². The molecule has 0 bridgehead atoms. The molecule has 0 spiro atoms. The summed E-state index contributed by atoms with van der Waals surface area (Å²) in [6.07, 6.45) is -0.796. The lowest BCUT2D eigenvalue weighted by Crippen LogP contribution is -2.39. The molecule has 112 valence electrons. The van der Waals surface area contributed by atoms with Crippen molar-refractivity contribution in [3.05, 3.63) is 71.8 Å². The smallest absolute Gasteiger partial charge is 0.350 e. The van der Waals surface area contributed by atoms with Gasteiger partial charge in [0.2, 0.25) is 12.0 Å². The number of rotatable bonds is 3. The topological polar surface area (TPSA) is 47.9 Å². The minimum Gasteiger partial charge on any atom is -0.466 e. The maximum absolute atomic E-state index is 12.2. The van der Waals surface area contributed by atoms with Crippen molar-refractivity contribution in [2.45, 2.75) is 18.6 Å². The van der Waals surface area contributed by atoms with Crippen LogP contribution in [-0.2, 0) is 19.8 Å². The summed E-state index contributed by atoms with van der Waals surface area (Å²) in [7, 11) is 1.36. The molecule has 1 heterocycles. The summed E-state index contributed by atoms with van der Waals surface area (Å²) in [5.74, 6) is 0.0309. The van der Waals surface area contributed by atoms with Gasteiger partial charge in [0.05, 0.1) is 7.11 Å². The highest BCUT2D eigenvalue weighted by Gasteiger charge is 2.49. The van der Waals surface area contributed by atoms with Crippen LogP contribution >= 0.6 is 0 Å². The van der Waals surface area contributed by atoms with E-state index >= 15 is 0 Å². The monoisotopic (exact) mass is 295 g/mol. The molecule has 0 radical (unpaired) electrons. The van der Waals surface area contributed by atoms with Crippen molar-refractivity contribution in [2.75, 3.05) is 7.11 Å². The highest BCUT2D eigenvalue weighted by molar-refractivity contribution is 5.98. The Morgan fingerprint density at radius 2 is 1.68 bits per heavy atom. The number of aliphatic imine (C=N–C) groups is 1. The van der Waals surface area contributed by atoms with E-state index in [1.165, 1.54) is 7.11 Å². The number of carbonyl (C=O) groups is 1. The highest BCUT2D eigenvalue weighted by atomic mass is 16.6. The third kappa shape index (κ3) is 2.37. The number of esters is 1. The fraction of sp³-hybridized carbons (Fsp3) is 0.222. The molecule has 2 aromatic rings. The fourth-order valence-corrected chi connectivity index (χ4v) is 2.61. The molecule has 0 saturated heterocycles. The second kappa shape index (κ2) is 5.64. The van der Waals surface area contributed by atoms with Crippen LogP contribution in [0, 0.1) is 0 Å². The fourth-order valence-electron chi connectivity index (χ4n) is 2.61. The first-order valence-corrected chi connectivity index (χ1v) is 7.10. The second-order valence-electron chi connectivity index (χ2n) is 5.32. The molecule has 0 fully saturated rings. The number of carbonyl (C=O) groups excluding carboxylic acids is 1. The zero-order valence-electron chi connectivity index (χ0n) is 12.5. The lowest BCUT2D eigenvalue weighted by atomic mass is 9.87. The third-order valence-corrected chi connectivity index (χ3v) is 3.87. The molecule has 4 nitrogen and oxygen atoms in total. The van der Waals surface area contributed by atoms with Crippen LogP contribution < -0.4 is 0 Å². The average molecular weight is 295 g/mol. The lowest BCUT2D eigenvalue weighted by Gasteiger charge is -2.25. The van der Waals surface area contributed by atoms with Crippen molar-refractivity contribution >= 4 is 11.9 Å². The van der Waals surface area contributed by atoms with Crippen molar-refractivity contribution in [1.82, 2.24) is 0 Å². The Labute approximate surface area is 129 Å². The molecule has 0 saturated carbocycles. The van der Waals surface area contributed by atoms with Crippen LogP contribution in [0.4, 0.5) is 0 Å². The van der Waals surface area contributed by atoms with E-state index in [4.69, 9.17) is 14.5 Å². The Bertz CT molecular complexity index is 697. The number of hydrogen-bond acceptors (Lipinski definition) is 4. The van der Waals surface area contributed by atoms with Gasteiger partial charge in [0.25, 0.3) is 0 Å². The molecule has 22 heavy (non-hydrogen) atoms. The maximum atomic E-state index is 12.2. The third-order valence-electron chi connectivity index (χ3n) is 3.87. The predicted molar refractivity (Wildman–Crippen MR) is 83.7 cm³/mol. The van der Waals surface area contributed by atoms with Gasteiger partial charge in [-0.2, -0.15) is 0 Å². The minimum atomic E-state index is -0.806. The molecule has 2 unspecified atom stereocenters. The molecule has 4 heteroatoms. The van der Waals surface area contributed by atoms with Gasteiger partial charge in [-0.1, -0.05) is 48.5 Å². The summed E-state index contributed by atoms with van der Waals surface area (Å²) in [4.78, 5) is 16.9. The van der Waals surface area contributed by atoms with E-state index in [1.54, 1.807) is 0 Å². The molecule has 0 amide bonds. The second-order valence-corrected chi connectivity index (χ2v) is 5.32. The summed E-state index contributed by atoms with van der Waals surface area (Å²) >= 11 is 0. The van der Waals surface area contributed by atoms with Crippen molar-refractivity contribution < 1.29 is 14.3 Å². The van der Waals surface area contributed by atoms with Crippen molar-refractivity contribution in [1.29, 1.82) is 0 Å². The minimum absolute atomic E-state index is 0.430. The number of benzene rings is 2. The Morgan fingerprint density at radius 1 is 1.09 bits per heavy atom.